The van der Waals surface area contributed by atoms with E-state index in [1.54, 1.807) is 39.5 Å². The third-order valence-corrected chi connectivity index (χ3v) is 4.88. The number of fused-ring (bicyclic) bond motifs is 1. The molecule has 1 atom stereocenters. The van der Waals surface area contributed by atoms with Crippen LogP contribution in [-0.2, 0) is 4.79 Å². The van der Waals surface area contributed by atoms with Crippen LogP contribution in [0, 0.1) is 0 Å². The summed E-state index contributed by atoms with van der Waals surface area (Å²) in [6.45, 7) is 0. The molecule has 0 saturated heterocycles. The van der Waals surface area contributed by atoms with Gasteiger partial charge in [0, 0.05) is 29.2 Å². The average Bonchev–Trinajstić information content (AvgIpc) is 2.75. The van der Waals surface area contributed by atoms with Crippen LogP contribution in [-0.4, -0.2) is 48.6 Å². The Hall–Kier alpha value is -3.29. The maximum atomic E-state index is 12.4. The van der Waals surface area contributed by atoms with Gasteiger partial charge in [0.1, 0.15) is 11.5 Å². The number of benzene rings is 2. The first-order chi connectivity index (χ1) is 14.0. The normalized spacial score (nSPS) is 15.1. The summed E-state index contributed by atoms with van der Waals surface area (Å²) >= 11 is 0. The summed E-state index contributed by atoms with van der Waals surface area (Å²) in [5.74, 6) is 2.37. The van der Waals surface area contributed by atoms with Crippen molar-refractivity contribution in [3.63, 3.8) is 0 Å². The standard InChI is InChI=1S/C21H24O8/c1-23-13-9-15(25-3)14(24-2)7-11(13)12-8-18(22)29-16-10-17(26-4)20(27-5)21(28-6)19(12)16/h7,9-10,12H,8H2,1-6H3/t12-/m0/s1. The van der Waals surface area contributed by atoms with Gasteiger partial charge in [0.05, 0.1) is 49.1 Å². The van der Waals surface area contributed by atoms with Crippen LogP contribution in [0.1, 0.15) is 23.5 Å². The first kappa shape index (κ1) is 20.4. The molecular weight excluding hydrogens is 380 g/mol. The van der Waals surface area contributed by atoms with E-state index in [0.29, 0.717) is 45.8 Å². The second-order valence-electron chi connectivity index (χ2n) is 6.24. The lowest BCUT2D eigenvalue weighted by molar-refractivity contribution is -0.135. The zero-order valence-corrected chi connectivity index (χ0v) is 17.3. The van der Waals surface area contributed by atoms with Gasteiger partial charge in [-0.25, -0.2) is 0 Å². The number of hydrogen-bond acceptors (Lipinski definition) is 8. The van der Waals surface area contributed by atoms with Crippen LogP contribution >= 0.6 is 0 Å². The number of hydrogen-bond donors (Lipinski definition) is 0. The van der Waals surface area contributed by atoms with E-state index in [4.69, 9.17) is 33.2 Å². The van der Waals surface area contributed by atoms with Gasteiger partial charge in [-0.15, -0.1) is 0 Å². The monoisotopic (exact) mass is 404 g/mol. The van der Waals surface area contributed by atoms with E-state index in [1.807, 2.05) is 0 Å². The molecule has 3 rings (SSSR count). The molecular formula is C21H24O8. The predicted molar refractivity (Wildman–Crippen MR) is 104 cm³/mol. The molecule has 0 aliphatic carbocycles. The van der Waals surface area contributed by atoms with E-state index < -0.39 is 5.92 Å². The van der Waals surface area contributed by atoms with Gasteiger partial charge in [0.2, 0.25) is 5.75 Å². The lowest BCUT2D eigenvalue weighted by atomic mass is 9.84. The van der Waals surface area contributed by atoms with Crippen LogP contribution in [0.2, 0.25) is 0 Å². The maximum Gasteiger partial charge on any atom is 0.312 e. The molecule has 0 spiro atoms. The number of rotatable bonds is 7. The highest BCUT2D eigenvalue weighted by atomic mass is 16.6. The smallest absolute Gasteiger partial charge is 0.312 e. The quantitative estimate of drug-likeness (QED) is 0.514. The van der Waals surface area contributed by atoms with Crippen LogP contribution in [0.4, 0.5) is 0 Å². The molecule has 1 heterocycles. The molecule has 1 aliphatic rings. The summed E-state index contributed by atoms with van der Waals surface area (Å²) < 4.78 is 38.4. The minimum absolute atomic E-state index is 0.0880. The Balaban J connectivity index is 2.30. The lowest BCUT2D eigenvalue weighted by Crippen LogP contribution is -2.22. The van der Waals surface area contributed by atoms with Crippen LogP contribution in [0.15, 0.2) is 18.2 Å². The van der Waals surface area contributed by atoms with Crippen molar-refractivity contribution in [3.8, 4) is 40.2 Å². The molecule has 0 saturated carbocycles. The minimum Gasteiger partial charge on any atom is -0.496 e. The van der Waals surface area contributed by atoms with Gasteiger partial charge in [-0.1, -0.05) is 0 Å². The van der Waals surface area contributed by atoms with Crippen molar-refractivity contribution in [2.24, 2.45) is 0 Å². The van der Waals surface area contributed by atoms with Crippen molar-refractivity contribution in [2.75, 3.05) is 42.7 Å². The summed E-state index contributed by atoms with van der Waals surface area (Å²) in [7, 11) is 9.20. The van der Waals surface area contributed by atoms with Gasteiger partial charge < -0.3 is 33.2 Å². The molecule has 0 aromatic heterocycles. The largest absolute Gasteiger partial charge is 0.496 e. The molecule has 0 unspecified atom stereocenters. The maximum absolute atomic E-state index is 12.4. The van der Waals surface area contributed by atoms with Crippen molar-refractivity contribution in [3.05, 3.63) is 29.3 Å². The molecule has 0 bridgehead atoms. The van der Waals surface area contributed by atoms with Gasteiger partial charge in [0.15, 0.2) is 23.0 Å². The van der Waals surface area contributed by atoms with Gasteiger partial charge in [-0.05, 0) is 6.07 Å². The highest BCUT2D eigenvalue weighted by molar-refractivity contribution is 5.81. The third kappa shape index (κ3) is 3.46. The van der Waals surface area contributed by atoms with E-state index in [9.17, 15) is 4.79 Å². The zero-order chi connectivity index (χ0) is 21.1. The number of carbonyl (C=O) groups is 1. The molecule has 0 radical (unpaired) electrons. The Labute approximate surface area is 169 Å². The van der Waals surface area contributed by atoms with E-state index in [0.717, 1.165) is 5.56 Å². The van der Waals surface area contributed by atoms with E-state index in [2.05, 4.69) is 0 Å². The van der Waals surface area contributed by atoms with Crippen molar-refractivity contribution in [1.29, 1.82) is 0 Å². The molecule has 1 aliphatic heterocycles. The second kappa shape index (κ2) is 8.38. The Morgan fingerprint density at radius 2 is 1.31 bits per heavy atom. The van der Waals surface area contributed by atoms with Crippen molar-refractivity contribution in [2.45, 2.75) is 12.3 Å². The third-order valence-electron chi connectivity index (χ3n) is 4.88. The zero-order valence-electron chi connectivity index (χ0n) is 17.3. The summed E-state index contributed by atoms with van der Waals surface area (Å²) in [4.78, 5) is 12.4. The molecule has 2 aromatic rings. The fourth-order valence-corrected chi connectivity index (χ4v) is 3.59. The predicted octanol–water partition coefficient (Wildman–Crippen LogP) is 3.18. The van der Waals surface area contributed by atoms with Crippen LogP contribution < -0.4 is 33.2 Å². The van der Waals surface area contributed by atoms with Gasteiger partial charge in [0.25, 0.3) is 0 Å². The first-order valence-electron chi connectivity index (χ1n) is 8.86. The Kier molecular flexibility index (Phi) is 5.91. The van der Waals surface area contributed by atoms with Crippen LogP contribution in [0.25, 0.3) is 0 Å². The molecule has 0 amide bonds. The SMILES string of the molecule is COc1cc(OC)c([C@@H]2CC(=O)Oc3cc(OC)c(OC)c(OC)c32)cc1OC. The first-order valence-corrected chi connectivity index (χ1v) is 8.86. The molecule has 29 heavy (non-hydrogen) atoms. The van der Waals surface area contributed by atoms with Crippen molar-refractivity contribution in [1.82, 2.24) is 0 Å². The molecule has 2 aromatic carbocycles. The van der Waals surface area contributed by atoms with E-state index in [1.165, 1.54) is 21.3 Å². The summed E-state index contributed by atoms with van der Waals surface area (Å²) in [5.41, 5.74) is 1.39. The summed E-state index contributed by atoms with van der Waals surface area (Å²) in [6, 6.07) is 5.13. The Bertz CT molecular complexity index is 922. The lowest BCUT2D eigenvalue weighted by Gasteiger charge is -2.29. The average molecular weight is 404 g/mol. The fourth-order valence-electron chi connectivity index (χ4n) is 3.59. The van der Waals surface area contributed by atoms with Crippen LogP contribution in [0.3, 0.4) is 0 Å². The highest BCUT2D eigenvalue weighted by Gasteiger charge is 2.37. The topological polar surface area (TPSA) is 81.7 Å². The molecule has 0 fully saturated rings. The van der Waals surface area contributed by atoms with E-state index >= 15 is 0 Å². The summed E-state index contributed by atoms with van der Waals surface area (Å²) in [5, 5.41) is 0. The number of methoxy groups -OCH3 is 6. The molecule has 8 nitrogen and oxygen atoms in total. The van der Waals surface area contributed by atoms with Gasteiger partial charge >= 0.3 is 5.97 Å². The Morgan fingerprint density at radius 1 is 0.724 bits per heavy atom. The van der Waals surface area contributed by atoms with Crippen molar-refractivity contribution >= 4 is 5.97 Å². The molecule has 8 heteroatoms. The number of carbonyl (C=O) groups excluding carboxylic acids is 1. The fraction of sp³-hybridized carbons (Fsp3) is 0.381. The van der Waals surface area contributed by atoms with E-state index in [-0.39, 0.29) is 12.4 Å². The highest BCUT2D eigenvalue weighted by Crippen LogP contribution is 2.54. The van der Waals surface area contributed by atoms with Gasteiger partial charge in [-0.3, -0.25) is 4.79 Å². The Morgan fingerprint density at radius 3 is 1.86 bits per heavy atom. The van der Waals surface area contributed by atoms with Crippen molar-refractivity contribution < 1.29 is 38.0 Å². The van der Waals surface area contributed by atoms with Gasteiger partial charge in [-0.2, -0.15) is 0 Å². The number of esters is 1. The molecule has 0 N–H and O–H groups in total. The minimum atomic E-state index is -0.421. The summed E-state index contributed by atoms with van der Waals surface area (Å²) in [6.07, 6.45) is 0.0880. The van der Waals surface area contributed by atoms with Crippen LogP contribution in [0.5, 0.6) is 40.2 Å². The second-order valence-corrected chi connectivity index (χ2v) is 6.24. The molecule has 156 valence electrons. The number of ether oxygens (including phenoxy) is 7.